The number of para-hydroxylation sites is 1. The number of pyridine rings is 2. The van der Waals surface area contributed by atoms with Gasteiger partial charge in [-0.15, -0.1) is 11.3 Å². The molecule has 3 heterocycles. The predicted octanol–water partition coefficient (Wildman–Crippen LogP) is 4.14. The molecule has 0 aliphatic carbocycles. The molecule has 122 valence electrons. The van der Waals surface area contributed by atoms with Gasteiger partial charge in [0.2, 0.25) is 0 Å². The summed E-state index contributed by atoms with van der Waals surface area (Å²) < 4.78 is 13.4. The molecule has 1 N–H and O–H groups in total. The maximum absolute atomic E-state index is 13.4. The van der Waals surface area contributed by atoms with Gasteiger partial charge in [0.1, 0.15) is 11.5 Å². The molecule has 1 amide bonds. The Labute approximate surface area is 146 Å². The lowest BCUT2D eigenvalue weighted by molar-refractivity contribution is 0.102. The summed E-state index contributed by atoms with van der Waals surface area (Å²) in [6.45, 7) is 0. The third kappa shape index (κ3) is 3.09. The van der Waals surface area contributed by atoms with Crippen LogP contribution in [-0.4, -0.2) is 20.9 Å². The Bertz CT molecular complexity index is 1070. The molecule has 0 atom stereocenters. The van der Waals surface area contributed by atoms with Crippen LogP contribution in [-0.2, 0) is 0 Å². The number of hydrogen-bond acceptors (Lipinski definition) is 5. The highest BCUT2D eigenvalue weighted by Crippen LogP contribution is 2.26. The van der Waals surface area contributed by atoms with Crippen LogP contribution in [0.5, 0.6) is 0 Å². The van der Waals surface area contributed by atoms with Crippen LogP contribution < -0.4 is 5.32 Å². The molecule has 4 rings (SSSR count). The fourth-order valence-corrected chi connectivity index (χ4v) is 3.00. The topological polar surface area (TPSA) is 67.8 Å². The van der Waals surface area contributed by atoms with E-state index in [1.165, 1.54) is 17.4 Å². The first kappa shape index (κ1) is 15.3. The summed E-state index contributed by atoms with van der Waals surface area (Å²) in [5, 5.41) is 5.37. The van der Waals surface area contributed by atoms with E-state index < -0.39 is 5.82 Å². The molecule has 0 saturated carbocycles. The molecular formula is C18H11FN4OS. The van der Waals surface area contributed by atoms with E-state index in [0.29, 0.717) is 28.2 Å². The number of benzene rings is 1. The van der Waals surface area contributed by atoms with Gasteiger partial charge in [-0.25, -0.2) is 14.4 Å². The zero-order valence-corrected chi connectivity index (χ0v) is 13.6. The van der Waals surface area contributed by atoms with Crippen molar-refractivity contribution < 1.29 is 9.18 Å². The average Bonchev–Trinajstić information content (AvgIpc) is 3.16. The van der Waals surface area contributed by atoms with Crippen molar-refractivity contribution in [2.45, 2.75) is 0 Å². The van der Waals surface area contributed by atoms with Crippen LogP contribution in [0.1, 0.15) is 10.5 Å². The predicted molar refractivity (Wildman–Crippen MR) is 95.0 cm³/mol. The molecule has 3 aromatic heterocycles. The smallest absolute Gasteiger partial charge is 0.275 e. The summed E-state index contributed by atoms with van der Waals surface area (Å²) in [5.41, 5.74) is 4.30. The van der Waals surface area contributed by atoms with Gasteiger partial charge < -0.3 is 5.32 Å². The number of nitrogens with zero attached hydrogens (tertiary/aromatic N) is 3. The van der Waals surface area contributed by atoms with Gasteiger partial charge in [-0.2, -0.15) is 0 Å². The van der Waals surface area contributed by atoms with Crippen LogP contribution in [0.25, 0.3) is 22.2 Å². The molecule has 0 spiro atoms. The van der Waals surface area contributed by atoms with E-state index in [9.17, 15) is 9.18 Å². The zero-order valence-electron chi connectivity index (χ0n) is 12.8. The average molecular weight is 350 g/mol. The molecule has 1 aromatic carbocycles. The summed E-state index contributed by atoms with van der Waals surface area (Å²) in [4.78, 5) is 24.7. The minimum atomic E-state index is -0.426. The van der Waals surface area contributed by atoms with Crippen molar-refractivity contribution in [2.75, 3.05) is 5.32 Å². The molecule has 0 fully saturated rings. The number of carbonyl (C=O) groups is 1. The molecule has 0 saturated heterocycles. The van der Waals surface area contributed by atoms with Gasteiger partial charge in [0.15, 0.2) is 0 Å². The van der Waals surface area contributed by atoms with E-state index in [1.807, 2.05) is 18.2 Å². The van der Waals surface area contributed by atoms with E-state index in [4.69, 9.17) is 0 Å². The van der Waals surface area contributed by atoms with Gasteiger partial charge in [0, 0.05) is 22.5 Å². The SMILES string of the molecule is O=C(Nc1cccc2ccc(-c3cncc(F)c3)nc12)c1cscn1. The van der Waals surface area contributed by atoms with E-state index in [-0.39, 0.29) is 5.91 Å². The molecule has 0 aliphatic rings. The van der Waals surface area contributed by atoms with E-state index in [0.717, 1.165) is 11.6 Å². The monoisotopic (exact) mass is 350 g/mol. The summed E-state index contributed by atoms with van der Waals surface area (Å²) in [6, 6.07) is 10.6. The van der Waals surface area contributed by atoms with Gasteiger partial charge >= 0.3 is 0 Å². The Morgan fingerprint density at radius 2 is 2.08 bits per heavy atom. The summed E-state index contributed by atoms with van der Waals surface area (Å²) >= 11 is 1.35. The molecule has 4 aromatic rings. The Morgan fingerprint density at radius 3 is 2.88 bits per heavy atom. The van der Waals surface area contributed by atoms with E-state index in [1.54, 1.807) is 29.2 Å². The number of aromatic nitrogens is 3. The van der Waals surface area contributed by atoms with Gasteiger partial charge in [-0.05, 0) is 18.2 Å². The number of rotatable bonds is 3. The standard InChI is InChI=1S/C18H11FN4OS/c19-13-6-12(7-20-8-13)14-5-4-11-2-1-3-15(17(11)22-14)23-18(24)16-9-25-10-21-16/h1-10H,(H,23,24). The second-order valence-electron chi connectivity index (χ2n) is 5.29. The molecule has 0 radical (unpaired) electrons. The minimum absolute atomic E-state index is 0.298. The fourth-order valence-electron chi connectivity index (χ4n) is 2.47. The normalized spacial score (nSPS) is 10.8. The van der Waals surface area contributed by atoms with Crippen LogP contribution in [0.3, 0.4) is 0 Å². The first-order valence-electron chi connectivity index (χ1n) is 7.41. The highest BCUT2D eigenvalue weighted by Gasteiger charge is 2.12. The fraction of sp³-hybridized carbons (Fsp3) is 0. The number of thiazole rings is 1. The van der Waals surface area contributed by atoms with Gasteiger partial charge in [0.25, 0.3) is 5.91 Å². The van der Waals surface area contributed by atoms with Crippen molar-refractivity contribution in [1.82, 2.24) is 15.0 Å². The Hall–Kier alpha value is -3.19. The molecular weight excluding hydrogens is 339 g/mol. The van der Waals surface area contributed by atoms with Gasteiger partial charge in [0.05, 0.1) is 28.6 Å². The number of carbonyl (C=O) groups excluding carboxylic acids is 1. The highest BCUT2D eigenvalue weighted by molar-refractivity contribution is 7.07. The maximum Gasteiger partial charge on any atom is 0.275 e. The zero-order chi connectivity index (χ0) is 17.2. The Balaban J connectivity index is 1.77. The largest absolute Gasteiger partial charge is 0.319 e. The Morgan fingerprint density at radius 1 is 1.16 bits per heavy atom. The third-order valence-electron chi connectivity index (χ3n) is 3.63. The minimum Gasteiger partial charge on any atom is -0.319 e. The molecule has 0 unspecified atom stereocenters. The lowest BCUT2D eigenvalue weighted by Crippen LogP contribution is -2.12. The van der Waals surface area contributed by atoms with Crippen LogP contribution in [0.15, 0.2) is 59.7 Å². The summed E-state index contributed by atoms with van der Waals surface area (Å²) in [7, 11) is 0. The van der Waals surface area contributed by atoms with Crippen molar-refractivity contribution in [1.29, 1.82) is 0 Å². The van der Waals surface area contributed by atoms with Crippen molar-refractivity contribution >= 4 is 33.8 Å². The quantitative estimate of drug-likeness (QED) is 0.603. The van der Waals surface area contributed by atoms with Crippen molar-refractivity contribution in [3.05, 3.63) is 71.2 Å². The number of amides is 1. The van der Waals surface area contributed by atoms with Crippen molar-refractivity contribution in [3.8, 4) is 11.3 Å². The number of anilines is 1. The summed E-state index contributed by atoms with van der Waals surface area (Å²) in [6.07, 6.45) is 2.69. The molecule has 7 heteroatoms. The lowest BCUT2D eigenvalue weighted by Gasteiger charge is -2.09. The first-order valence-corrected chi connectivity index (χ1v) is 8.35. The highest BCUT2D eigenvalue weighted by atomic mass is 32.1. The molecule has 25 heavy (non-hydrogen) atoms. The maximum atomic E-state index is 13.4. The van der Waals surface area contributed by atoms with Crippen LogP contribution in [0, 0.1) is 5.82 Å². The number of hydrogen-bond donors (Lipinski definition) is 1. The number of halogens is 1. The van der Waals surface area contributed by atoms with Crippen LogP contribution in [0.4, 0.5) is 10.1 Å². The van der Waals surface area contributed by atoms with E-state index in [2.05, 4.69) is 20.3 Å². The van der Waals surface area contributed by atoms with Crippen LogP contribution >= 0.6 is 11.3 Å². The van der Waals surface area contributed by atoms with E-state index >= 15 is 0 Å². The second kappa shape index (κ2) is 6.37. The molecule has 5 nitrogen and oxygen atoms in total. The lowest BCUT2D eigenvalue weighted by atomic mass is 10.1. The molecule has 0 bridgehead atoms. The first-order chi connectivity index (χ1) is 12.2. The molecule has 0 aliphatic heterocycles. The Kier molecular flexibility index (Phi) is 3.91. The summed E-state index contributed by atoms with van der Waals surface area (Å²) in [5.74, 6) is -0.724. The number of fused-ring (bicyclic) bond motifs is 1. The van der Waals surface area contributed by atoms with Crippen molar-refractivity contribution in [2.24, 2.45) is 0 Å². The van der Waals surface area contributed by atoms with Crippen molar-refractivity contribution in [3.63, 3.8) is 0 Å². The van der Waals surface area contributed by atoms with Crippen LogP contribution in [0.2, 0.25) is 0 Å². The second-order valence-corrected chi connectivity index (χ2v) is 6.01. The third-order valence-corrected chi connectivity index (χ3v) is 4.22. The number of nitrogens with one attached hydrogen (secondary N) is 1. The van der Waals surface area contributed by atoms with Gasteiger partial charge in [-0.3, -0.25) is 9.78 Å². The van der Waals surface area contributed by atoms with Gasteiger partial charge in [-0.1, -0.05) is 18.2 Å².